The van der Waals surface area contributed by atoms with E-state index in [1.165, 1.54) is 0 Å². The van der Waals surface area contributed by atoms with Crippen LogP contribution in [-0.2, 0) is 9.53 Å². The molecule has 1 fully saturated rings. The Morgan fingerprint density at radius 2 is 2.50 bits per heavy atom. The van der Waals surface area contributed by atoms with E-state index in [-0.39, 0.29) is 18.1 Å². The number of morpholine rings is 1. The first-order chi connectivity index (χ1) is 6.66. The zero-order chi connectivity index (χ0) is 10.6. The first kappa shape index (κ1) is 11.4. The number of rotatable bonds is 3. The molecule has 5 heteroatoms. The summed E-state index contributed by atoms with van der Waals surface area (Å²) < 4.78 is 5.36. The maximum Gasteiger partial charge on any atom is 0.253 e. The van der Waals surface area contributed by atoms with Crippen molar-refractivity contribution in [3.8, 4) is 0 Å². The second-order valence-corrected chi connectivity index (χ2v) is 3.60. The summed E-state index contributed by atoms with van der Waals surface area (Å²) in [6.07, 6.45) is -0.345. The van der Waals surface area contributed by atoms with Crippen LogP contribution in [0.15, 0.2) is 0 Å². The van der Waals surface area contributed by atoms with E-state index in [4.69, 9.17) is 10.5 Å². The van der Waals surface area contributed by atoms with Crippen molar-refractivity contribution in [2.24, 2.45) is 5.73 Å². The van der Waals surface area contributed by atoms with Crippen molar-refractivity contribution >= 4 is 5.91 Å². The molecule has 1 aliphatic heterocycles. The molecule has 0 spiro atoms. The first-order valence-corrected chi connectivity index (χ1v) is 4.96. The molecule has 1 saturated heterocycles. The first-order valence-electron chi connectivity index (χ1n) is 4.96. The molecule has 14 heavy (non-hydrogen) atoms. The SMILES string of the molecule is CC(CN)N(C)C(=O)[C@H]1CNCCO1. The Morgan fingerprint density at radius 1 is 1.79 bits per heavy atom. The molecule has 0 aromatic rings. The lowest BCUT2D eigenvalue weighted by Crippen LogP contribution is -2.51. The summed E-state index contributed by atoms with van der Waals surface area (Å²) in [6.45, 7) is 4.41. The van der Waals surface area contributed by atoms with Crippen LogP contribution in [0.4, 0.5) is 0 Å². The monoisotopic (exact) mass is 201 g/mol. The molecular formula is C9H19N3O2. The quantitative estimate of drug-likeness (QED) is 0.600. The van der Waals surface area contributed by atoms with Gasteiger partial charge in [0.25, 0.3) is 5.91 Å². The van der Waals surface area contributed by atoms with Crippen molar-refractivity contribution in [3.63, 3.8) is 0 Å². The van der Waals surface area contributed by atoms with E-state index in [0.717, 1.165) is 6.54 Å². The highest BCUT2D eigenvalue weighted by Crippen LogP contribution is 2.03. The highest BCUT2D eigenvalue weighted by molar-refractivity contribution is 5.81. The molecule has 0 radical (unpaired) electrons. The standard InChI is InChI=1S/C9H19N3O2/c1-7(5-10)12(2)9(13)8-6-11-3-4-14-8/h7-8,11H,3-6,10H2,1-2H3/t7?,8-/m1/s1. The number of nitrogens with one attached hydrogen (secondary N) is 1. The number of hydrogen-bond acceptors (Lipinski definition) is 4. The molecule has 2 atom stereocenters. The van der Waals surface area contributed by atoms with Gasteiger partial charge < -0.3 is 20.7 Å². The molecule has 1 amide bonds. The second-order valence-electron chi connectivity index (χ2n) is 3.60. The Hall–Kier alpha value is -0.650. The van der Waals surface area contributed by atoms with Crippen LogP contribution in [0.25, 0.3) is 0 Å². The van der Waals surface area contributed by atoms with Crippen LogP contribution in [0, 0.1) is 0 Å². The number of ether oxygens (including phenoxy) is 1. The lowest BCUT2D eigenvalue weighted by Gasteiger charge is -2.30. The van der Waals surface area contributed by atoms with Crippen molar-refractivity contribution in [1.82, 2.24) is 10.2 Å². The molecule has 0 aliphatic carbocycles. The van der Waals surface area contributed by atoms with Gasteiger partial charge in [0.2, 0.25) is 0 Å². The lowest BCUT2D eigenvalue weighted by atomic mass is 10.2. The van der Waals surface area contributed by atoms with Crippen LogP contribution in [-0.4, -0.2) is 56.2 Å². The van der Waals surface area contributed by atoms with Gasteiger partial charge in [0.1, 0.15) is 6.10 Å². The number of amides is 1. The highest BCUT2D eigenvalue weighted by atomic mass is 16.5. The van der Waals surface area contributed by atoms with Gasteiger partial charge in [0, 0.05) is 32.7 Å². The second kappa shape index (κ2) is 5.29. The van der Waals surface area contributed by atoms with Gasteiger partial charge in [-0.1, -0.05) is 0 Å². The third-order valence-electron chi connectivity index (χ3n) is 2.55. The molecule has 5 nitrogen and oxygen atoms in total. The normalized spacial score (nSPS) is 24.4. The minimum atomic E-state index is -0.345. The predicted molar refractivity (Wildman–Crippen MR) is 53.9 cm³/mol. The minimum Gasteiger partial charge on any atom is -0.366 e. The van der Waals surface area contributed by atoms with E-state index in [1.807, 2.05) is 6.92 Å². The molecule has 3 N–H and O–H groups in total. The molecule has 82 valence electrons. The van der Waals surface area contributed by atoms with E-state index in [0.29, 0.717) is 19.7 Å². The fraction of sp³-hybridized carbons (Fsp3) is 0.889. The van der Waals surface area contributed by atoms with Crippen molar-refractivity contribution in [2.45, 2.75) is 19.1 Å². The van der Waals surface area contributed by atoms with Gasteiger partial charge in [0.05, 0.1) is 6.61 Å². The van der Waals surface area contributed by atoms with E-state index in [1.54, 1.807) is 11.9 Å². The third kappa shape index (κ3) is 2.67. The molecular weight excluding hydrogens is 182 g/mol. The van der Waals surface area contributed by atoms with Gasteiger partial charge in [-0.3, -0.25) is 4.79 Å². The topological polar surface area (TPSA) is 67.6 Å². The molecule has 0 saturated carbocycles. The number of likely N-dealkylation sites (N-methyl/N-ethyl adjacent to an activating group) is 1. The lowest BCUT2D eigenvalue weighted by molar-refractivity contribution is -0.145. The zero-order valence-corrected chi connectivity index (χ0v) is 8.82. The van der Waals surface area contributed by atoms with Crippen molar-refractivity contribution in [1.29, 1.82) is 0 Å². The van der Waals surface area contributed by atoms with Crippen LogP contribution in [0.1, 0.15) is 6.92 Å². The number of nitrogens with two attached hydrogens (primary N) is 1. The Labute approximate surface area is 84.6 Å². The van der Waals surface area contributed by atoms with Crippen LogP contribution in [0.2, 0.25) is 0 Å². The van der Waals surface area contributed by atoms with E-state index in [9.17, 15) is 4.79 Å². The average Bonchev–Trinajstić information content (AvgIpc) is 2.27. The average molecular weight is 201 g/mol. The smallest absolute Gasteiger partial charge is 0.253 e. The fourth-order valence-corrected chi connectivity index (χ4v) is 1.33. The number of carbonyl (C=O) groups is 1. The molecule has 1 unspecified atom stereocenters. The Bertz CT molecular complexity index is 188. The van der Waals surface area contributed by atoms with Gasteiger partial charge in [-0.05, 0) is 6.92 Å². The molecule has 1 rings (SSSR count). The molecule has 1 heterocycles. The third-order valence-corrected chi connectivity index (χ3v) is 2.55. The molecule has 0 bridgehead atoms. The Kier molecular flexibility index (Phi) is 4.31. The summed E-state index contributed by atoms with van der Waals surface area (Å²) in [7, 11) is 1.76. The largest absolute Gasteiger partial charge is 0.366 e. The summed E-state index contributed by atoms with van der Waals surface area (Å²) >= 11 is 0. The Balaban J connectivity index is 2.46. The molecule has 0 aromatic carbocycles. The summed E-state index contributed by atoms with van der Waals surface area (Å²) in [6, 6.07) is 0.0630. The summed E-state index contributed by atoms with van der Waals surface area (Å²) in [5.74, 6) is 0.00940. The van der Waals surface area contributed by atoms with Crippen molar-refractivity contribution in [2.75, 3.05) is 33.3 Å². The maximum atomic E-state index is 11.8. The molecule has 1 aliphatic rings. The van der Waals surface area contributed by atoms with E-state index < -0.39 is 0 Å². The maximum absolute atomic E-state index is 11.8. The summed E-state index contributed by atoms with van der Waals surface area (Å²) in [5, 5.41) is 3.12. The van der Waals surface area contributed by atoms with Crippen LogP contribution in [0.5, 0.6) is 0 Å². The van der Waals surface area contributed by atoms with Crippen molar-refractivity contribution < 1.29 is 9.53 Å². The highest BCUT2D eigenvalue weighted by Gasteiger charge is 2.26. The van der Waals surface area contributed by atoms with Gasteiger partial charge in [-0.2, -0.15) is 0 Å². The summed E-state index contributed by atoms with van der Waals surface area (Å²) in [5.41, 5.74) is 5.49. The van der Waals surface area contributed by atoms with Crippen LogP contribution in [0.3, 0.4) is 0 Å². The van der Waals surface area contributed by atoms with Crippen molar-refractivity contribution in [3.05, 3.63) is 0 Å². The van der Waals surface area contributed by atoms with E-state index in [2.05, 4.69) is 5.32 Å². The van der Waals surface area contributed by atoms with Gasteiger partial charge in [-0.25, -0.2) is 0 Å². The van der Waals surface area contributed by atoms with Crippen LogP contribution < -0.4 is 11.1 Å². The Morgan fingerprint density at radius 3 is 3.00 bits per heavy atom. The minimum absolute atomic E-state index is 0.00940. The number of hydrogen-bond donors (Lipinski definition) is 2. The number of nitrogens with zero attached hydrogens (tertiary/aromatic N) is 1. The summed E-state index contributed by atoms with van der Waals surface area (Å²) in [4.78, 5) is 13.5. The van der Waals surface area contributed by atoms with Gasteiger partial charge >= 0.3 is 0 Å². The van der Waals surface area contributed by atoms with Crippen LogP contribution >= 0.6 is 0 Å². The van der Waals surface area contributed by atoms with Gasteiger partial charge in [0.15, 0.2) is 0 Å². The van der Waals surface area contributed by atoms with Gasteiger partial charge in [-0.15, -0.1) is 0 Å². The fourth-order valence-electron chi connectivity index (χ4n) is 1.33. The molecule has 0 aromatic heterocycles. The predicted octanol–water partition coefficient (Wildman–Crippen LogP) is -1.22. The van der Waals surface area contributed by atoms with E-state index >= 15 is 0 Å². The number of carbonyl (C=O) groups excluding carboxylic acids is 1. The zero-order valence-electron chi connectivity index (χ0n) is 8.82.